The molecule has 1 aromatic heterocycles. The largest absolute Gasteiger partial charge is 0.424 e. The maximum atomic E-state index is 8.38. The lowest BCUT2D eigenvalue weighted by Crippen LogP contribution is -2.00. The molecule has 1 heterocycles. The molecule has 0 saturated carbocycles. The molecule has 0 unspecified atom stereocenters. The minimum Gasteiger partial charge on any atom is -0.424 e. The summed E-state index contributed by atoms with van der Waals surface area (Å²) in [5.41, 5.74) is 1.66. The van der Waals surface area contributed by atoms with Crippen molar-refractivity contribution in [3.63, 3.8) is 0 Å². The van der Waals surface area contributed by atoms with Crippen LogP contribution in [0, 0.1) is 11.3 Å². The number of oxazole rings is 1. The highest BCUT2D eigenvalue weighted by molar-refractivity contribution is 5.74. The Labute approximate surface area is 93.9 Å². The van der Waals surface area contributed by atoms with Crippen LogP contribution in [0.2, 0.25) is 0 Å². The molecular formula is C12H13N3O. The summed E-state index contributed by atoms with van der Waals surface area (Å²) in [6.07, 6.45) is 2.46. The molecule has 1 aromatic carbocycles. The monoisotopic (exact) mass is 215 g/mol. The average molecular weight is 215 g/mol. The Morgan fingerprint density at radius 2 is 2.19 bits per heavy atom. The van der Waals surface area contributed by atoms with Gasteiger partial charge >= 0.3 is 0 Å². The van der Waals surface area contributed by atoms with E-state index in [-0.39, 0.29) is 0 Å². The van der Waals surface area contributed by atoms with Crippen molar-refractivity contribution in [2.45, 2.75) is 19.3 Å². The second-order valence-electron chi connectivity index (χ2n) is 3.53. The predicted octanol–water partition coefficient (Wildman–Crippen LogP) is 2.93. The van der Waals surface area contributed by atoms with Gasteiger partial charge in [-0.25, -0.2) is 0 Å². The molecule has 0 amide bonds. The zero-order chi connectivity index (χ0) is 11.2. The minimum atomic E-state index is 0.554. The number of nitrogens with zero attached hydrogens (tertiary/aromatic N) is 2. The molecule has 0 aliphatic rings. The Balaban J connectivity index is 1.88. The van der Waals surface area contributed by atoms with Crippen molar-refractivity contribution in [3.8, 4) is 6.07 Å². The van der Waals surface area contributed by atoms with Gasteiger partial charge in [0.2, 0.25) is 0 Å². The first kappa shape index (κ1) is 10.5. The predicted molar refractivity (Wildman–Crippen MR) is 62.0 cm³/mol. The molecule has 1 N–H and O–H groups in total. The molecule has 82 valence electrons. The molecule has 2 rings (SSSR count). The number of hydrogen-bond donors (Lipinski definition) is 1. The number of benzene rings is 1. The van der Waals surface area contributed by atoms with Gasteiger partial charge < -0.3 is 9.73 Å². The summed E-state index contributed by atoms with van der Waals surface area (Å²) in [6, 6.07) is 10.3. The van der Waals surface area contributed by atoms with Gasteiger partial charge in [0, 0.05) is 13.0 Å². The van der Waals surface area contributed by atoms with Crippen LogP contribution in [0.1, 0.15) is 19.3 Å². The summed E-state index contributed by atoms with van der Waals surface area (Å²) >= 11 is 0. The van der Waals surface area contributed by atoms with Gasteiger partial charge in [-0.15, -0.1) is 0 Å². The summed E-state index contributed by atoms with van der Waals surface area (Å²) in [4.78, 5) is 4.29. The van der Waals surface area contributed by atoms with E-state index in [1.54, 1.807) is 0 Å². The van der Waals surface area contributed by atoms with E-state index >= 15 is 0 Å². The number of aromatic nitrogens is 1. The maximum Gasteiger partial charge on any atom is 0.295 e. The highest BCUT2D eigenvalue weighted by Crippen LogP contribution is 2.17. The van der Waals surface area contributed by atoms with E-state index in [1.165, 1.54) is 0 Å². The van der Waals surface area contributed by atoms with Crippen LogP contribution in [0.4, 0.5) is 6.01 Å². The minimum absolute atomic E-state index is 0.554. The van der Waals surface area contributed by atoms with Crippen molar-refractivity contribution in [3.05, 3.63) is 24.3 Å². The molecule has 0 fully saturated rings. The smallest absolute Gasteiger partial charge is 0.295 e. The van der Waals surface area contributed by atoms with Crippen molar-refractivity contribution >= 4 is 17.1 Å². The number of hydrogen-bond acceptors (Lipinski definition) is 4. The topological polar surface area (TPSA) is 61.9 Å². The highest BCUT2D eigenvalue weighted by Gasteiger charge is 2.02. The third-order valence-corrected chi connectivity index (χ3v) is 2.29. The van der Waals surface area contributed by atoms with E-state index < -0.39 is 0 Å². The van der Waals surface area contributed by atoms with Crippen molar-refractivity contribution < 1.29 is 4.42 Å². The Kier molecular flexibility index (Phi) is 3.39. The first-order chi connectivity index (χ1) is 7.90. The van der Waals surface area contributed by atoms with Crippen molar-refractivity contribution in [2.75, 3.05) is 11.9 Å². The zero-order valence-electron chi connectivity index (χ0n) is 8.94. The Hall–Kier alpha value is -2.02. The standard InChI is InChI=1S/C12H13N3O/c13-8-4-1-5-9-14-12-15-10-6-2-3-7-11(10)16-12/h2-3,6-7H,1,4-5,9H2,(H,14,15). The zero-order valence-corrected chi connectivity index (χ0v) is 8.94. The lowest BCUT2D eigenvalue weighted by atomic mass is 10.2. The van der Waals surface area contributed by atoms with Crippen LogP contribution < -0.4 is 5.32 Å². The molecular weight excluding hydrogens is 202 g/mol. The summed E-state index contributed by atoms with van der Waals surface area (Å²) in [5, 5.41) is 11.5. The Morgan fingerprint density at radius 3 is 3.00 bits per heavy atom. The number of para-hydroxylation sites is 2. The molecule has 0 radical (unpaired) electrons. The van der Waals surface area contributed by atoms with Crippen LogP contribution >= 0.6 is 0 Å². The van der Waals surface area contributed by atoms with Gasteiger partial charge in [0.05, 0.1) is 6.07 Å². The molecule has 0 aliphatic carbocycles. The van der Waals surface area contributed by atoms with Crippen molar-refractivity contribution in [2.24, 2.45) is 0 Å². The lowest BCUT2D eigenvalue weighted by Gasteiger charge is -1.98. The molecule has 4 nitrogen and oxygen atoms in total. The first-order valence-corrected chi connectivity index (χ1v) is 5.36. The Morgan fingerprint density at radius 1 is 1.31 bits per heavy atom. The van der Waals surface area contributed by atoms with E-state index in [1.807, 2.05) is 24.3 Å². The van der Waals surface area contributed by atoms with Gasteiger partial charge in [0.25, 0.3) is 6.01 Å². The number of anilines is 1. The highest BCUT2D eigenvalue weighted by atomic mass is 16.4. The van der Waals surface area contributed by atoms with Gasteiger partial charge in [-0.05, 0) is 25.0 Å². The fraction of sp³-hybridized carbons (Fsp3) is 0.333. The van der Waals surface area contributed by atoms with Crippen LogP contribution in [0.5, 0.6) is 0 Å². The first-order valence-electron chi connectivity index (χ1n) is 5.36. The number of nitriles is 1. The summed E-state index contributed by atoms with van der Waals surface area (Å²) in [5.74, 6) is 0. The molecule has 0 saturated heterocycles. The normalized spacial score (nSPS) is 10.2. The van der Waals surface area contributed by atoms with Gasteiger partial charge in [-0.3, -0.25) is 0 Å². The maximum absolute atomic E-state index is 8.38. The van der Waals surface area contributed by atoms with E-state index in [0.717, 1.165) is 30.5 Å². The quantitative estimate of drug-likeness (QED) is 0.779. The van der Waals surface area contributed by atoms with Gasteiger partial charge in [0.1, 0.15) is 5.52 Å². The van der Waals surface area contributed by atoms with Crippen LogP contribution in [-0.4, -0.2) is 11.5 Å². The molecule has 0 bridgehead atoms. The third kappa shape index (κ3) is 2.51. The molecule has 0 aliphatic heterocycles. The second-order valence-corrected chi connectivity index (χ2v) is 3.53. The SMILES string of the molecule is N#CCCCCNc1nc2ccccc2o1. The number of unbranched alkanes of at least 4 members (excludes halogenated alkanes) is 2. The summed E-state index contributed by atoms with van der Waals surface area (Å²) in [7, 11) is 0. The van der Waals surface area contributed by atoms with Crippen LogP contribution in [0.15, 0.2) is 28.7 Å². The van der Waals surface area contributed by atoms with Crippen LogP contribution in [0.3, 0.4) is 0 Å². The van der Waals surface area contributed by atoms with Gasteiger partial charge in [-0.1, -0.05) is 12.1 Å². The number of nitrogens with one attached hydrogen (secondary N) is 1. The average Bonchev–Trinajstić information content (AvgIpc) is 2.71. The number of rotatable bonds is 5. The van der Waals surface area contributed by atoms with Crippen LogP contribution in [0.25, 0.3) is 11.1 Å². The molecule has 0 atom stereocenters. The van der Waals surface area contributed by atoms with E-state index in [4.69, 9.17) is 9.68 Å². The third-order valence-electron chi connectivity index (χ3n) is 2.29. The van der Waals surface area contributed by atoms with Crippen molar-refractivity contribution in [1.29, 1.82) is 5.26 Å². The molecule has 16 heavy (non-hydrogen) atoms. The Bertz CT molecular complexity index is 465. The fourth-order valence-electron chi connectivity index (χ4n) is 1.47. The van der Waals surface area contributed by atoms with Gasteiger partial charge in [0.15, 0.2) is 5.58 Å². The second kappa shape index (κ2) is 5.17. The van der Waals surface area contributed by atoms with Crippen molar-refractivity contribution in [1.82, 2.24) is 4.98 Å². The molecule has 0 spiro atoms. The summed E-state index contributed by atoms with van der Waals surface area (Å²) in [6.45, 7) is 0.786. The molecule has 4 heteroatoms. The lowest BCUT2D eigenvalue weighted by molar-refractivity contribution is 0.610. The van der Waals surface area contributed by atoms with Crippen LogP contribution in [-0.2, 0) is 0 Å². The van der Waals surface area contributed by atoms with E-state index in [2.05, 4.69) is 16.4 Å². The van der Waals surface area contributed by atoms with E-state index in [0.29, 0.717) is 12.4 Å². The number of fused-ring (bicyclic) bond motifs is 1. The van der Waals surface area contributed by atoms with Gasteiger partial charge in [-0.2, -0.15) is 10.2 Å². The van der Waals surface area contributed by atoms with E-state index in [9.17, 15) is 0 Å². The fourth-order valence-corrected chi connectivity index (χ4v) is 1.47. The summed E-state index contributed by atoms with van der Waals surface area (Å²) < 4.78 is 5.49. The molecule has 2 aromatic rings.